The molecule has 0 heterocycles. The van der Waals surface area contributed by atoms with Crippen LogP contribution in [0.25, 0.3) is 0 Å². The summed E-state index contributed by atoms with van der Waals surface area (Å²) >= 11 is 0. The third-order valence-corrected chi connectivity index (χ3v) is 3.10. The maximum atomic E-state index is 14.2. The molecule has 0 spiro atoms. The van der Waals surface area contributed by atoms with E-state index in [0.717, 1.165) is 12.1 Å². The highest BCUT2D eigenvalue weighted by Gasteiger charge is 2.65. The highest BCUT2D eigenvalue weighted by atomic mass is 19.4. The Morgan fingerprint density at radius 1 is 0.870 bits per heavy atom. The smallest absolute Gasteiger partial charge is 0.432 e. The fourth-order valence-electron chi connectivity index (χ4n) is 1.91. The predicted octanol–water partition coefficient (Wildman–Crippen LogP) is 5.05. The number of halogens is 6. The van der Waals surface area contributed by atoms with E-state index in [1.807, 2.05) is 0 Å². The number of alkyl halides is 6. The van der Waals surface area contributed by atoms with Crippen molar-refractivity contribution in [3.63, 3.8) is 0 Å². The first-order chi connectivity index (χ1) is 10.7. The lowest BCUT2D eigenvalue weighted by atomic mass is 9.94. The van der Waals surface area contributed by atoms with Gasteiger partial charge in [-0.25, -0.2) is 13.2 Å². The molecule has 2 nitrogen and oxygen atoms in total. The van der Waals surface area contributed by atoms with E-state index in [1.54, 1.807) is 0 Å². The first-order valence-corrected chi connectivity index (χ1v) is 6.33. The van der Waals surface area contributed by atoms with Gasteiger partial charge in [0.05, 0.1) is 0 Å². The number of para-hydroxylation sites is 1. The lowest BCUT2D eigenvalue weighted by Crippen LogP contribution is -2.44. The molecule has 0 radical (unpaired) electrons. The molecule has 2 aromatic carbocycles. The van der Waals surface area contributed by atoms with Crippen molar-refractivity contribution in [3.8, 4) is 11.5 Å². The minimum absolute atomic E-state index is 0.0328. The average molecular weight is 335 g/mol. The molecule has 2 aromatic rings. The third-order valence-electron chi connectivity index (χ3n) is 3.10. The maximum Gasteiger partial charge on any atom is 0.432 e. The van der Waals surface area contributed by atoms with Crippen molar-refractivity contribution in [2.75, 3.05) is 5.73 Å². The zero-order valence-corrected chi connectivity index (χ0v) is 11.4. The molecule has 8 heteroatoms. The van der Waals surface area contributed by atoms with Crippen molar-refractivity contribution in [1.82, 2.24) is 0 Å². The molecule has 0 fully saturated rings. The summed E-state index contributed by atoms with van der Waals surface area (Å²) in [4.78, 5) is 0. The molecule has 0 aliphatic rings. The van der Waals surface area contributed by atoms with E-state index < -0.39 is 29.6 Å². The molecule has 2 rings (SSSR count). The Labute approximate surface area is 127 Å². The largest absolute Gasteiger partial charge is 0.457 e. The van der Waals surface area contributed by atoms with Gasteiger partial charge < -0.3 is 10.5 Å². The molecule has 1 unspecified atom stereocenters. The minimum Gasteiger partial charge on any atom is -0.457 e. The van der Waals surface area contributed by atoms with Crippen LogP contribution in [-0.2, 0) is 5.67 Å². The van der Waals surface area contributed by atoms with Crippen molar-refractivity contribution < 1.29 is 31.1 Å². The van der Waals surface area contributed by atoms with Gasteiger partial charge in [0.25, 0.3) is 12.1 Å². The number of anilines is 1. The summed E-state index contributed by atoms with van der Waals surface area (Å²) in [6.07, 6.45) is -10.1. The van der Waals surface area contributed by atoms with Crippen LogP contribution in [0.3, 0.4) is 0 Å². The SMILES string of the molecule is Nc1ccc(Oc2ccccc2C(F)(C(F)F)C(F)(F)F)cc1. The van der Waals surface area contributed by atoms with Crippen molar-refractivity contribution in [2.45, 2.75) is 18.3 Å². The lowest BCUT2D eigenvalue weighted by molar-refractivity contribution is -0.274. The Bertz CT molecular complexity index is 670. The Kier molecular flexibility index (Phi) is 4.44. The van der Waals surface area contributed by atoms with Crippen LogP contribution in [-0.4, -0.2) is 12.6 Å². The number of nitrogen functional groups attached to an aromatic ring is 1. The Balaban J connectivity index is 2.50. The Hall–Kier alpha value is -2.38. The van der Waals surface area contributed by atoms with Gasteiger partial charge in [-0.1, -0.05) is 18.2 Å². The van der Waals surface area contributed by atoms with Crippen LogP contribution in [0.1, 0.15) is 5.56 Å². The van der Waals surface area contributed by atoms with E-state index in [9.17, 15) is 26.3 Å². The molecule has 0 saturated carbocycles. The van der Waals surface area contributed by atoms with E-state index >= 15 is 0 Å². The molecule has 0 bridgehead atoms. The monoisotopic (exact) mass is 335 g/mol. The van der Waals surface area contributed by atoms with Crippen LogP contribution in [0.15, 0.2) is 48.5 Å². The first-order valence-electron chi connectivity index (χ1n) is 6.33. The molecule has 0 aliphatic carbocycles. The summed E-state index contributed by atoms with van der Waals surface area (Å²) in [5, 5.41) is 0. The first kappa shape index (κ1) is 17.0. The van der Waals surface area contributed by atoms with Crippen molar-refractivity contribution in [1.29, 1.82) is 0 Å². The van der Waals surface area contributed by atoms with Gasteiger partial charge in [-0.15, -0.1) is 0 Å². The maximum absolute atomic E-state index is 14.2. The fraction of sp³-hybridized carbons (Fsp3) is 0.200. The van der Waals surface area contributed by atoms with Gasteiger partial charge >= 0.3 is 6.18 Å². The van der Waals surface area contributed by atoms with Gasteiger partial charge in [-0.3, -0.25) is 0 Å². The summed E-state index contributed by atoms with van der Waals surface area (Å²) in [6, 6.07) is 9.31. The standard InChI is InChI=1S/C15H11F6NO/c16-13(17)14(18,15(19,20)21)11-3-1-2-4-12(11)23-10-7-5-9(22)6-8-10/h1-8,13H,22H2. The number of nitrogens with two attached hydrogens (primary N) is 1. The summed E-state index contributed by atoms with van der Waals surface area (Å²) in [6.45, 7) is 0. The molecular weight excluding hydrogens is 324 g/mol. The topological polar surface area (TPSA) is 35.2 Å². The van der Waals surface area contributed by atoms with Gasteiger partial charge in [0, 0.05) is 11.3 Å². The molecular formula is C15H11F6NO. The number of rotatable bonds is 4. The van der Waals surface area contributed by atoms with Crippen molar-refractivity contribution in [2.24, 2.45) is 0 Å². The minimum atomic E-state index is -5.80. The third kappa shape index (κ3) is 3.20. The van der Waals surface area contributed by atoms with Crippen LogP contribution in [0, 0.1) is 0 Å². The molecule has 2 N–H and O–H groups in total. The van der Waals surface area contributed by atoms with E-state index in [2.05, 4.69) is 0 Å². The van der Waals surface area contributed by atoms with Crippen LogP contribution >= 0.6 is 0 Å². The average Bonchev–Trinajstić information content (AvgIpc) is 2.48. The van der Waals surface area contributed by atoms with Gasteiger partial charge in [-0.05, 0) is 30.3 Å². The van der Waals surface area contributed by atoms with E-state index in [1.165, 1.54) is 30.3 Å². The molecule has 23 heavy (non-hydrogen) atoms. The second kappa shape index (κ2) is 6.02. The molecule has 0 aromatic heterocycles. The molecule has 0 amide bonds. The zero-order chi connectivity index (χ0) is 17.3. The molecule has 124 valence electrons. The summed E-state index contributed by atoms with van der Waals surface area (Å²) in [7, 11) is 0. The van der Waals surface area contributed by atoms with Gasteiger partial charge in [0.1, 0.15) is 11.5 Å². The van der Waals surface area contributed by atoms with Crippen LogP contribution in [0.4, 0.5) is 32.0 Å². The Morgan fingerprint density at radius 2 is 1.43 bits per heavy atom. The zero-order valence-electron chi connectivity index (χ0n) is 11.4. The van der Waals surface area contributed by atoms with Crippen molar-refractivity contribution >= 4 is 5.69 Å². The van der Waals surface area contributed by atoms with Crippen LogP contribution in [0.5, 0.6) is 11.5 Å². The van der Waals surface area contributed by atoms with E-state index in [0.29, 0.717) is 11.8 Å². The summed E-state index contributed by atoms with van der Waals surface area (Å²) in [5.41, 5.74) is -0.307. The molecule has 0 saturated heterocycles. The molecule has 1 atom stereocenters. The quantitative estimate of drug-likeness (QED) is 0.627. The predicted molar refractivity (Wildman–Crippen MR) is 72.2 cm³/mol. The van der Waals surface area contributed by atoms with E-state index in [4.69, 9.17) is 10.5 Å². The highest BCUT2D eigenvalue weighted by molar-refractivity contribution is 5.46. The van der Waals surface area contributed by atoms with Crippen molar-refractivity contribution in [3.05, 3.63) is 54.1 Å². The second-order valence-electron chi connectivity index (χ2n) is 4.68. The number of ether oxygens (including phenoxy) is 1. The van der Waals surface area contributed by atoms with Crippen LogP contribution < -0.4 is 10.5 Å². The number of hydrogen-bond acceptors (Lipinski definition) is 2. The number of benzene rings is 2. The number of hydrogen-bond donors (Lipinski definition) is 1. The van der Waals surface area contributed by atoms with Crippen LogP contribution in [0.2, 0.25) is 0 Å². The lowest BCUT2D eigenvalue weighted by Gasteiger charge is -2.28. The van der Waals surface area contributed by atoms with Gasteiger partial charge in [-0.2, -0.15) is 13.2 Å². The summed E-state index contributed by atoms with van der Waals surface area (Å²) < 4.78 is 83.7. The normalized spacial score (nSPS) is 14.6. The van der Waals surface area contributed by atoms with Gasteiger partial charge in [0.2, 0.25) is 0 Å². The van der Waals surface area contributed by atoms with E-state index in [-0.39, 0.29) is 5.75 Å². The van der Waals surface area contributed by atoms with Gasteiger partial charge in [0.15, 0.2) is 0 Å². The summed E-state index contributed by atoms with van der Waals surface area (Å²) in [5.74, 6) is -0.622. The molecule has 0 aliphatic heterocycles. The fourth-order valence-corrected chi connectivity index (χ4v) is 1.91. The Morgan fingerprint density at radius 3 is 1.96 bits per heavy atom. The second-order valence-corrected chi connectivity index (χ2v) is 4.68. The highest BCUT2D eigenvalue weighted by Crippen LogP contribution is 2.50.